The zero-order valence-electron chi connectivity index (χ0n) is 13.7. The van der Waals surface area contributed by atoms with Crippen molar-refractivity contribution in [1.82, 2.24) is 0 Å². The third-order valence-electron chi connectivity index (χ3n) is 6.36. The van der Waals surface area contributed by atoms with Crippen LogP contribution in [-0.2, 0) is 19.1 Å². The van der Waals surface area contributed by atoms with E-state index in [1.807, 2.05) is 24.3 Å². The van der Waals surface area contributed by atoms with Crippen LogP contribution in [0.5, 0.6) is 11.5 Å². The number of epoxide rings is 2. The Labute approximate surface area is 152 Å². The molecule has 2 aromatic rings. The molecule has 27 heavy (non-hydrogen) atoms. The van der Waals surface area contributed by atoms with Crippen LogP contribution >= 0.6 is 0 Å². The highest BCUT2D eigenvalue weighted by molar-refractivity contribution is 6.20. The molecule has 5 aliphatic rings. The van der Waals surface area contributed by atoms with Gasteiger partial charge in [-0.05, 0) is 29.7 Å². The van der Waals surface area contributed by atoms with Crippen LogP contribution in [0, 0.1) is 0 Å². The van der Waals surface area contributed by atoms with Crippen molar-refractivity contribution in [1.29, 1.82) is 0 Å². The molecule has 7 rings (SSSR count). The van der Waals surface area contributed by atoms with Gasteiger partial charge in [-0.1, -0.05) is 24.3 Å². The fourth-order valence-corrected chi connectivity index (χ4v) is 5.13. The number of benzene rings is 2. The van der Waals surface area contributed by atoms with Gasteiger partial charge in [-0.25, -0.2) is 0 Å². The van der Waals surface area contributed by atoms with E-state index < -0.39 is 46.9 Å². The van der Waals surface area contributed by atoms with Gasteiger partial charge in [0.15, 0.2) is 17.7 Å². The Morgan fingerprint density at radius 2 is 1.59 bits per heavy atom. The first-order chi connectivity index (χ1) is 13.1. The Morgan fingerprint density at radius 1 is 0.926 bits per heavy atom. The summed E-state index contributed by atoms with van der Waals surface area (Å²) in [6, 6.07) is 11.1. The van der Waals surface area contributed by atoms with Crippen molar-refractivity contribution in [2.45, 2.75) is 35.3 Å². The molecular weight excluding hydrogens is 352 g/mol. The molecule has 7 heteroatoms. The van der Waals surface area contributed by atoms with E-state index in [-0.39, 0.29) is 0 Å². The molecule has 5 atom stereocenters. The number of aliphatic hydroxyl groups is 1. The van der Waals surface area contributed by atoms with E-state index in [9.17, 15) is 14.7 Å². The van der Waals surface area contributed by atoms with Gasteiger partial charge in [0, 0.05) is 0 Å². The van der Waals surface area contributed by atoms with Gasteiger partial charge in [0.2, 0.25) is 5.60 Å². The van der Waals surface area contributed by atoms with Gasteiger partial charge in [-0.2, -0.15) is 0 Å². The van der Waals surface area contributed by atoms with Crippen LogP contribution in [0.15, 0.2) is 48.6 Å². The standard InChI is InChI=1S/C20H12O7/c21-12-7-8-13(22)19-18(12,27-19)16(23)15-17(24-15)20(19)25-10-5-1-3-9-4-2-6-11(26-20)14(9)10/h1-8,15-17,23H/t15-,16+,17-,18+,19+/m0/s1. The summed E-state index contributed by atoms with van der Waals surface area (Å²) in [5, 5.41) is 12.4. The summed E-state index contributed by atoms with van der Waals surface area (Å²) in [7, 11) is 0. The summed E-state index contributed by atoms with van der Waals surface area (Å²) in [6.45, 7) is 0. The van der Waals surface area contributed by atoms with E-state index >= 15 is 0 Å². The van der Waals surface area contributed by atoms with Gasteiger partial charge in [-0.3, -0.25) is 9.59 Å². The highest BCUT2D eigenvalue weighted by Crippen LogP contribution is 2.70. The van der Waals surface area contributed by atoms with Gasteiger partial charge >= 0.3 is 5.79 Å². The number of fused-ring (bicyclic) bond motifs is 2. The largest absolute Gasteiger partial charge is 0.446 e. The Kier molecular flexibility index (Phi) is 2.08. The molecule has 7 nitrogen and oxygen atoms in total. The number of carbonyl (C=O) groups is 2. The Bertz CT molecular complexity index is 1100. The predicted molar refractivity (Wildman–Crippen MR) is 88.3 cm³/mol. The molecule has 134 valence electrons. The van der Waals surface area contributed by atoms with Crippen LogP contribution in [0.1, 0.15) is 0 Å². The first kappa shape index (κ1) is 14.3. The number of rotatable bonds is 0. The summed E-state index contributed by atoms with van der Waals surface area (Å²) in [5.41, 5.74) is -3.49. The summed E-state index contributed by atoms with van der Waals surface area (Å²) in [6.07, 6.45) is -0.374. The van der Waals surface area contributed by atoms with Crippen molar-refractivity contribution in [3.63, 3.8) is 0 Å². The molecule has 2 saturated heterocycles. The quantitative estimate of drug-likeness (QED) is 0.686. The zero-order valence-corrected chi connectivity index (χ0v) is 13.7. The fourth-order valence-electron chi connectivity index (χ4n) is 5.13. The fraction of sp³-hybridized carbons (Fsp3) is 0.300. The van der Waals surface area contributed by atoms with E-state index in [0.29, 0.717) is 11.5 Å². The molecule has 3 fully saturated rings. The second kappa shape index (κ2) is 3.91. The van der Waals surface area contributed by atoms with Crippen LogP contribution in [0.2, 0.25) is 0 Å². The third-order valence-corrected chi connectivity index (χ3v) is 6.36. The van der Waals surface area contributed by atoms with Gasteiger partial charge in [0.05, 0.1) is 5.39 Å². The molecule has 3 aliphatic heterocycles. The number of hydrogen-bond acceptors (Lipinski definition) is 7. The maximum Gasteiger partial charge on any atom is 0.321 e. The minimum absolute atomic E-state index is 0.471. The first-order valence-corrected chi connectivity index (χ1v) is 8.76. The van der Waals surface area contributed by atoms with Gasteiger partial charge in [0.1, 0.15) is 23.7 Å². The van der Waals surface area contributed by atoms with Crippen molar-refractivity contribution in [2.75, 3.05) is 0 Å². The molecule has 0 bridgehead atoms. The summed E-state index contributed by atoms with van der Waals surface area (Å²) >= 11 is 0. The monoisotopic (exact) mass is 364 g/mol. The molecule has 1 saturated carbocycles. The summed E-state index contributed by atoms with van der Waals surface area (Å²) < 4.78 is 24.0. The molecule has 2 aromatic carbocycles. The van der Waals surface area contributed by atoms with E-state index in [2.05, 4.69) is 0 Å². The number of hydrogen-bond donors (Lipinski definition) is 1. The molecule has 1 N–H and O–H groups in total. The predicted octanol–water partition coefficient (Wildman–Crippen LogP) is 0.665. The smallest absolute Gasteiger partial charge is 0.321 e. The SMILES string of the molecule is O=C1C=CC(=O)[C@@]23O[C@@]12[C@H](O)[C@@H]1O[C@@H]1C31Oc2cccc3cccc(c23)O1. The Hall–Kier alpha value is -2.74. The van der Waals surface area contributed by atoms with Crippen molar-refractivity contribution in [3.8, 4) is 11.5 Å². The number of ketones is 2. The molecule has 0 aromatic heterocycles. The lowest BCUT2D eigenvalue weighted by molar-refractivity contribution is -0.190. The maximum absolute atomic E-state index is 13.0. The van der Waals surface area contributed by atoms with Gasteiger partial charge in [0.25, 0.3) is 5.60 Å². The lowest BCUT2D eigenvalue weighted by atomic mass is 9.66. The molecule has 3 heterocycles. The number of carbonyl (C=O) groups excluding carboxylic acids is 2. The molecule has 0 radical (unpaired) electrons. The summed E-state index contributed by atoms with van der Waals surface area (Å²) in [5.74, 6) is -1.58. The Morgan fingerprint density at radius 3 is 2.30 bits per heavy atom. The Balaban J connectivity index is 1.51. The average molecular weight is 364 g/mol. The van der Waals surface area contributed by atoms with E-state index in [1.54, 1.807) is 12.1 Å². The number of ether oxygens (including phenoxy) is 4. The van der Waals surface area contributed by atoms with Gasteiger partial charge in [-0.15, -0.1) is 0 Å². The van der Waals surface area contributed by atoms with Crippen molar-refractivity contribution < 1.29 is 33.6 Å². The second-order valence-corrected chi connectivity index (χ2v) is 7.53. The highest BCUT2D eigenvalue weighted by Gasteiger charge is 3.00. The van der Waals surface area contributed by atoms with Crippen LogP contribution in [-0.4, -0.2) is 52.0 Å². The minimum atomic E-state index is -1.77. The van der Waals surface area contributed by atoms with E-state index in [4.69, 9.17) is 18.9 Å². The van der Waals surface area contributed by atoms with E-state index in [1.165, 1.54) is 6.08 Å². The van der Waals surface area contributed by atoms with Gasteiger partial charge < -0.3 is 24.1 Å². The lowest BCUT2D eigenvalue weighted by Crippen LogP contribution is -2.73. The minimum Gasteiger partial charge on any atom is -0.446 e. The second-order valence-electron chi connectivity index (χ2n) is 7.53. The third kappa shape index (κ3) is 1.24. The first-order valence-electron chi connectivity index (χ1n) is 8.76. The topological polar surface area (TPSA) is 97.9 Å². The molecule has 1 spiro atoms. The van der Waals surface area contributed by atoms with Crippen molar-refractivity contribution >= 4 is 22.3 Å². The molecule has 0 unspecified atom stereocenters. The lowest BCUT2D eigenvalue weighted by Gasteiger charge is -2.44. The summed E-state index contributed by atoms with van der Waals surface area (Å²) in [4.78, 5) is 25.7. The molecule has 0 amide bonds. The van der Waals surface area contributed by atoms with Crippen LogP contribution in [0.4, 0.5) is 0 Å². The van der Waals surface area contributed by atoms with Crippen LogP contribution in [0.25, 0.3) is 10.8 Å². The van der Waals surface area contributed by atoms with Crippen LogP contribution in [0.3, 0.4) is 0 Å². The van der Waals surface area contributed by atoms with Crippen molar-refractivity contribution in [2.24, 2.45) is 0 Å². The highest BCUT2D eigenvalue weighted by atomic mass is 16.8. The molecule has 2 aliphatic carbocycles. The molecular formula is C20H12O7. The number of aliphatic hydroxyl groups excluding tert-OH is 1. The van der Waals surface area contributed by atoms with E-state index in [0.717, 1.165) is 16.8 Å². The van der Waals surface area contributed by atoms with Crippen molar-refractivity contribution in [3.05, 3.63) is 48.6 Å². The normalized spacial score (nSPS) is 41.3. The van der Waals surface area contributed by atoms with Crippen LogP contribution < -0.4 is 9.47 Å². The average Bonchev–Trinajstić information content (AvgIpc) is 3.57. The maximum atomic E-state index is 13.0. The zero-order chi connectivity index (χ0) is 18.2.